The molecule has 1 rings (SSSR count). The number of halogens is 2. The van der Waals surface area contributed by atoms with Gasteiger partial charge < -0.3 is 15.5 Å². The van der Waals surface area contributed by atoms with Crippen molar-refractivity contribution in [3.63, 3.8) is 0 Å². The predicted molar refractivity (Wildman–Crippen MR) is 81.1 cm³/mol. The van der Waals surface area contributed by atoms with Crippen LogP contribution < -0.4 is 5.73 Å². The molecule has 110 valence electrons. The highest BCUT2D eigenvalue weighted by molar-refractivity contribution is 6.43. The third kappa shape index (κ3) is 3.77. The van der Waals surface area contributed by atoms with E-state index in [1.807, 2.05) is 0 Å². The van der Waals surface area contributed by atoms with Crippen LogP contribution in [0, 0.1) is 0 Å². The summed E-state index contributed by atoms with van der Waals surface area (Å²) in [6, 6.07) is 2.91. The number of nitrogens with two attached hydrogens (primary N) is 1. The topological polar surface area (TPSA) is 66.6 Å². The van der Waals surface area contributed by atoms with Crippen molar-refractivity contribution in [3.8, 4) is 0 Å². The molecule has 0 aromatic heterocycles. The molecule has 0 saturated heterocycles. The quantitative estimate of drug-likeness (QED) is 0.865. The molecule has 20 heavy (non-hydrogen) atoms. The van der Waals surface area contributed by atoms with Crippen LogP contribution in [0.1, 0.15) is 17.3 Å². The first-order valence-electron chi connectivity index (χ1n) is 6.01. The van der Waals surface area contributed by atoms with Gasteiger partial charge in [0.25, 0.3) is 5.91 Å². The summed E-state index contributed by atoms with van der Waals surface area (Å²) in [6.45, 7) is 2.20. The Kier molecular flexibility index (Phi) is 5.65. The number of anilines is 1. The first-order chi connectivity index (χ1) is 9.27. The number of hydrogen-bond acceptors (Lipinski definition) is 3. The highest BCUT2D eigenvalue weighted by Gasteiger charge is 2.20. The molecule has 7 heteroatoms. The minimum absolute atomic E-state index is 0.00246. The van der Waals surface area contributed by atoms with Gasteiger partial charge in [0.05, 0.1) is 22.3 Å². The molecular formula is C13H17Cl2N3O2. The summed E-state index contributed by atoms with van der Waals surface area (Å²) in [4.78, 5) is 26.9. The van der Waals surface area contributed by atoms with Gasteiger partial charge in [0, 0.05) is 26.2 Å². The number of carbonyl (C=O) groups excluding carboxylic acids is 2. The van der Waals surface area contributed by atoms with Crippen molar-refractivity contribution < 1.29 is 9.59 Å². The Hall–Kier alpha value is -1.46. The molecule has 0 radical (unpaired) electrons. The van der Waals surface area contributed by atoms with Gasteiger partial charge in [0.15, 0.2) is 0 Å². The van der Waals surface area contributed by atoms with E-state index in [9.17, 15) is 9.59 Å². The van der Waals surface area contributed by atoms with E-state index >= 15 is 0 Å². The molecule has 0 aliphatic heterocycles. The second-order valence-electron chi connectivity index (χ2n) is 4.47. The lowest BCUT2D eigenvalue weighted by Crippen LogP contribution is -2.40. The van der Waals surface area contributed by atoms with Crippen molar-refractivity contribution in [2.45, 2.75) is 6.92 Å². The van der Waals surface area contributed by atoms with Gasteiger partial charge in [-0.3, -0.25) is 9.59 Å². The smallest absolute Gasteiger partial charge is 0.254 e. The van der Waals surface area contributed by atoms with Gasteiger partial charge in [-0.2, -0.15) is 0 Å². The molecule has 0 unspecified atom stereocenters. The standard InChI is InChI=1S/C13H17Cl2N3O2/c1-4-18(7-11(19)17(2)3)13(20)8-5-9(14)12(15)10(16)6-8/h5-6H,4,7,16H2,1-3H3. The third-order valence-electron chi connectivity index (χ3n) is 2.80. The van der Waals surface area contributed by atoms with E-state index in [0.717, 1.165) is 0 Å². The normalized spacial score (nSPS) is 10.2. The molecular weight excluding hydrogens is 301 g/mol. The fourth-order valence-electron chi connectivity index (χ4n) is 1.55. The summed E-state index contributed by atoms with van der Waals surface area (Å²) < 4.78 is 0. The molecule has 0 aliphatic carbocycles. The Bertz CT molecular complexity index is 509. The molecule has 5 nitrogen and oxygen atoms in total. The van der Waals surface area contributed by atoms with Crippen LogP contribution in [-0.4, -0.2) is 48.8 Å². The molecule has 0 heterocycles. The Morgan fingerprint density at radius 1 is 1.25 bits per heavy atom. The van der Waals surface area contributed by atoms with Crippen molar-refractivity contribution in [1.82, 2.24) is 9.80 Å². The van der Waals surface area contributed by atoms with Gasteiger partial charge in [-0.05, 0) is 19.1 Å². The zero-order chi connectivity index (χ0) is 15.4. The fourth-order valence-corrected chi connectivity index (χ4v) is 1.88. The molecule has 0 saturated carbocycles. The summed E-state index contributed by atoms with van der Waals surface area (Å²) >= 11 is 11.8. The molecule has 0 spiro atoms. The lowest BCUT2D eigenvalue weighted by atomic mass is 10.1. The third-order valence-corrected chi connectivity index (χ3v) is 3.61. The van der Waals surface area contributed by atoms with Crippen molar-refractivity contribution in [3.05, 3.63) is 27.7 Å². The second-order valence-corrected chi connectivity index (χ2v) is 5.25. The number of likely N-dealkylation sites (N-methyl/N-ethyl adjacent to an activating group) is 2. The summed E-state index contributed by atoms with van der Waals surface area (Å²) in [5.74, 6) is -0.471. The van der Waals surface area contributed by atoms with Gasteiger partial charge >= 0.3 is 0 Å². The zero-order valence-electron chi connectivity index (χ0n) is 11.6. The van der Waals surface area contributed by atoms with Gasteiger partial charge in [-0.15, -0.1) is 0 Å². The Morgan fingerprint density at radius 3 is 2.30 bits per heavy atom. The van der Waals surface area contributed by atoms with Crippen LogP contribution in [0.25, 0.3) is 0 Å². The first-order valence-corrected chi connectivity index (χ1v) is 6.77. The summed E-state index contributed by atoms with van der Waals surface area (Å²) in [6.07, 6.45) is 0. The Morgan fingerprint density at radius 2 is 1.85 bits per heavy atom. The minimum atomic E-state index is -0.312. The summed E-state index contributed by atoms with van der Waals surface area (Å²) in [7, 11) is 3.27. The molecule has 2 N–H and O–H groups in total. The van der Waals surface area contributed by atoms with E-state index < -0.39 is 0 Å². The number of amides is 2. The monoisotopic (exact) mass is 317 g/mol. The molecule has 2 amide bonds. The van der Waals surface area contributed by atoms with E-state index in [1.54, 1.807) is 21.0 Å². The van der Waals surface area contributed by atoms with Crippen LogP contribution in [0.5, 0.6) is 0 Å². The summed E-state index contributed by atoms with van der Waals surface area (Å²) in [5, 5.41) is 0.431. The number of nitrogen functional groups attached to an aromatic ring is 1. The van der Waals surface area contributed by atoms with Gasteiger partial charge in [0.2, 0.25) is 5.91 Å². The second kappa shape index (κ2) is 6.81. The number of carbonyl (C=O) groups is 2. The largest absolute Gasteiger partial charge is 0.397 e. The van der Waals surface area contributed by atoms with Crippen LogP contribution >= 0.6 is 23.2 Å². The maximum absolute atomic E-state index is 12.3. The van der Waals surface area contributed by atoms with Crippen molar-refractivity contribution >= 4 is 40.7 Å². The van der Waals surface area contributed by atoms with Gasteiger partial charge in [-0.1, -0.05) is 23.2 Å². The van der Waals surface area contributed by atoms with Gasteiger partial charge in [0.1, 0.15) is 0 Å². The maximum atomic E-state index is 12.3. The van der Waals surface area contributed by atoms with E-state index in [2.05, 4.69) is 0 Å². The van der Waals surface area contributed by atoms with Crippen LogP contribution in [0.15, 0.2) is 12.1 Å². The molecule has 0 atom stereocenters. The molecule has 1 aromatic carbocycles. The van der Waals surface area contributed by atoms with Gasteiger partial charge in [-0.25, -0.2) is 0 Å². The van der Waals surface area contributed by atoms with Crippen molar-refractivity contribution in [2.75, 3.05) is 32.9 Å². The predicted octanol–water partition coefficient (Wildman–Crippen LogP) is 2.13. The zero-order valence-corrected chi connectivity index (χ0v) is 13.1. The Labute approximate surface area is 128 Å². The average Bonchev–Trinajstić information content (AvgIpc) is 2.40. The van der Waals surface area contributed by atoms with Crippen molar-refractivity contribution in [1.29, 1.82) is 0 Å². The maximum Gasteiger partial charge on any atom is 0.254 e. The van der Waals surface area contributed by atoms with E-state index in [-0.39, 0.29) is 34.1 Å². The van der Waals surface area contributed by atoms with Crippen molar-refractivity contribution in [2.24, 2.45) is 0 Å². The number of hydrogen-bond donors (Lipinski definition) is 1. The number of nitrogens with zero attached hydrogens (tertiary/aromatic N) is 2. The molecule has 0 bridgehead atoms. The van der Waals surface area contributed by atoms with Crippen LogP contribution in [0.3, 0.4) is 0 Å². The minimum Gasteiger partial charge on any atom is -0.397 e. The lowest BCUT2D eigenvalue weighted by molar-refractivity contribution is -0.129. The molecule has 1 aromatic rings. The summed E-state index contributed by atoms with van der Waals surface area (Å²) in [5.41, 5.74) is 6.23. The van der Waals surface area contributed by atoms with Crippen LogP contribution in [0.4, 0.5) is 5.69 Å². The van der Waals surface area contributed by atoms with Crippen LogP contribution in [0.2, 0.25) is 10.0 Å². The first kappa shape index (κ1) is 16.6. The highest BCUT2D eigenvalue weighted by atomic mass is 35.5. The highest BCUT2D eigenvalue weighted by Crippen LogP contribution is 2.29. The van der Waals surface area contributed by atoms with E-state index in [4.69, 9.17) is 28.9 Å². The number of benzene rings is 1. The van der Waals surface area contributed by atoms with E-state index in [1.165, 1.54) is 21.9 Å². The fraction of sp³-hybridized carbons (Fsp3) is 0.385. The molecule has 0 fully saturated rings. The van der Waals surface area contributed by atoms with Crippen LogP contribution in [-0.2, 0) is 4.79 Å². The number of rotatable bonds is 4. The lowest BCUT2D eigenvalue weighted by Gasteiger charge is -2.22. The Balaban J connectivity index is 3.00. The average molecular weight is 318 g/mol. The molecule has 0 aliphatic rings. The van der Waals surface area contributed by atoms with E-state index in [0.29, 0.717) is 12.1 Å². The SMILES string of the molecule is CCN(CC(=O)N(C)C)C(=O)c1cc(N)c(Cl)c(Cl)c1.